The van der Waals surface area contributed by atoms with Crippen LogP contribution in [0.15, 0.2) is 54.7 Å². The Hall–Kier alpha value is -2.75. The fraction of sp³-hybridized carbons (Fsp3) is 0.118. The summed E-state index contributed by atoms with van der Waals surface area (Å²) in [5, 5.41) is 4.53. The van der Waals surface area contributed by atoms with Crippen LogP contribution in [0.2, 0.25) is 0 Å². The smallest absolute Gasteiger partial charge is 0.123 e. The predicted molar refractivity (Wildman–Crippen MR) is 86.5 cm³/mol. The van der Waals surface area contributed by atoms with E-state index in [1.807, 2.05) is 42.5 Å². The van der Waals surface area contributed by atoms with E-state index in [-0.39, 0.29) is 0 Å². The first-order chi connectivity index (χ1) is 10.3. The molecular weight excluding hydrogens is 262 g/mol. The standard InChI is InChI=1S/C17H17N3O/c1-21-17-7-6-13(18)10-12(17)11-20-16-8-9-19-15-5-3-2-4-14(15)16/h2-10H,11,18H2,1H3,(H,19,20). The van der Waals surface area contributed by atoms with Gasteiger partial charge in [0.25, 0.3) is 0 Å². The predicted octanol–water partition coefficient (Wildman–Crippen LogP) is 3.44. The van der Waals surface area contributed by atoms with E-state index in [0.29, 0.717) is 6.54 Å². The van der Waals surface area contributed by atoms with Crippen LogP contribution in [-0.4, -0.2) is 12.1 Å². The maximum Gasteiger partial charge on any atom is 0.123 e. The summed E-state index contributed by atoms with van der Waals surface area (Å²) in [5.41, 5.74) is 9.62. The number of rotatable bonds is 4. The number of nitrogens with zero attached hydrogens (tertiary/aromatic N) is 1. The van der Waals surface area contributed by atoms with Crippen molar-refractivity contribution in [2.24, 2.45) is 0 Å². The molecule has 0 atom stereocenters. The molecule has 0 aliphatic heterocycles. The van der Waals surface area contributed by atoms with Crippen molar-refractivity contribution in [2.75, 3.05) is 18.2 Å². The zero-order valence-corrected chi connectivity index (χ0v) is 11.8. The Morgan fingerprint density at radius 2 is 2.00 bits per heavy atom. The highest BCUT2D eigenvalue weighted by atomic mass is 16.5. The summed E-state index contributed by atoms with van der Waals surface area (Å²) < 4.78 is 5.37. The molecule has 0 spiro atoms. The van der Waals surface area contributed by atoms with E-state index in [9.17, 15) is 0 Å². The molecule has 4 heteroatoms. The molecule has 3 N–H and O–H groups in total. The molecule has 1 heterocycles. The second-order valence-corrected chi connectivity index (χ2v) is 4.80. The number of hydrogen-bond donors (Lipinski definition) is 2. The minimum absolute atomic E-state index is 0.641. The Kier molecular flexibility index (Phi) is 3.60. The first-order valence-electron chi connectivity index (χ1n) is 6.78. The third-order valence-corrected chi connectivity index (χ3v) is 3.42. The van der Waals surface area contributed by atoms with Crippen LogP contribution in [0.3, 0.4) is 0 Å². The van der Waals surface area contributed by atoms with Crippen LogP contribution in [0.25, 0.3) is 10.9 Å². The number of para-hydroxylation sites is 1. The fourth-order valence-electron chi connectivity index (χ4n) is 2.38. The number of nitrogen functional groups attached to an aromatic ring is 1. The third kappa shape index (κ3) is 2.74. The molecule has 0 amide bonds. The van der Waals surface area contributed by atoms with Gasteiger partial charge in [-0.1, -0.05) is 18.2 Å². The average molecular weight is 279 g/mol. The van der Waals surface area contributed by atoms with Gasteiger partial charge < -0.3 is 15.8 Å². The Bertz CT molecular complexity index is 766. The number of methoxy groups -OCH3 is 1. The lowest BCUT2D eigenvalue weighted by molar-refractivity contribution is 0.410. The Morgan fingerprint density at radius 1 is 1.14 bits per heavy atom. The summed E-state index contributed by atoms with van der Waals surface area (Å²) in [6.45, 7) is 0.641. The summed E-state index contributed by atoms with van der Waals surface area (Å²) in [5.74, 6) is 0.829. The maximum atomic E-state index is 5.85. The van der Waals surface area contributed by atoms with E-state index < -0.39 is 0 Å². The summed E-state index contributed by atoms with van der Waals surface area (Å²) in [7, 11) is 1.66. The molecule has 4 nitrogen and oxygen atoms in total. The van der Waals surface area contributed by atoms with Crippen LogP contribution < -0.4 is 15.8 Å². The molecule has 1 aromatic heterocycles. The minimum Gasteiger partial charge on any atom is -0.496 e. The van der Waals surface area contributed by atoms with Gasteiger partial charge in [0.15, 0.2) is 0 Å². The van der Waals surface area contributed by atoms with Crippen molar-refractivity contribution in [3.63, 3.8) is 0 Å². The summed E-state index contributed by atoms with van der Waals surface area (Å²) in [4.78, 5) is 4.36. The zero-order chi connectivity index (χ0) is 14.7. The Balaban J connectivity index is 1.89. The number of fused-ring (bicyclic) bond motifs is 1. The van der Waals surface area contributed by atoms with Crippen LogP contribution in [0, 0.1) is 0 Å². The van der Waals surface area contributed by atoms with Crippen LogP contribution in [-0.2, 0) is 6.54 Å². The molecule has 2 aromatic carbocycles. The summed E-state index contributed by atoms with van der Waals surface area (Å²) in [6.07, 6.45) is 1.81. The van der Waals surface area contributed by atoms with E-state index in [1.54, 1.807) is 13.3 Å². The number of nitrogens with two attached hydrogens (primary N) is 1. The molecule has 0 saturated heterocycles. The van der Waals surface area contributed by atoms with Gasteiger partial charge in [-0.2, -0.15) is 0 Å². The largest absolute Gasteiger partial charge is 0.496 e. The number of aromatic nitrogens is 1. The van der Waals surface area contributed by atoms with Gasteiger partial charge in [-0.25, -0.2) is 0 Å². The van der Waals surface area contributed by atoms with Gasteiger partial charge >= 0.3 is 0 Å². The lowest BCUT2D eigenvalue weighted by Crippen LogP contribution is -2.03. The summed E-state index contributed by atoms with van der Waals surface area (Å²) >= 11 is 0. The number of nitrogens with one attached hydrogen (secondary N) is 1. The van der Waals surface area contributed by atoms with E-state index in [1.165, 1.54) is 0 Å². The van der Waals surface area contributed by atoms with Crippen LogP contribution >= 0.6 is 0 Å². The van der Waals surface area contributed by atoms with Gasteiger partial charge in [-0.3, -0.25) is 4.98 Å². The van der Waals surface area contributed by atoms with Gasteiger partial charge in [-0.15, -0.1) is 0 Å². The molecule has 0 bridgehead atoms. The van der Waals surface area contributed by atoms with Crippen LogP contribution in [0.5, 0.6) is 5.75 Å². The topological polar surface area (TPSA) is 60.2 Å². The van der Waals surface area contributed by atoms with Gasteiger partial charge in [0.2, 0.25) is 0 Å². The number of pyridine rings is 1. The van der Waals surface area contributed by atoms with E-state index in [2.05, 4.69) is 16.4 Å². The SMILES string of the molecule is COc1ccc(N)cc1CNc1ccnc2ccccc12. The van der Waals surface area contributed by atoms with Crippen molar-refractivity contribution >= 4 is 22.3 Å². The maximum absolute atomic E-state index is 5.85. The molecule has 0 radical (unpaired) electrons. The third-order valence-electron chi connectivity index (χ3n) is 3.42. The lowest BCUT2D eigenvalue weighted by atomic mass is 10.1. The molecular formula is C17H17N3O. The van der Waals surface area contributed by atoms with E-state index >= 15 is 0 Å². The molecule has 0 fully saturated rings. The highest BCUT2D eigenvalue weighted by Crippen LogP contribution is 2.25. The lowest BCUT2D eigenvalue weighted by Gasteiger charge is -2.12. The van der Waals surface area contributed by atoms with Gasteiger partial charge in [0.1, 0.15) is 5.75 Å². The molecule has 0 saturated carbocycles. The molecule has 0 aliphatic rings. The number of ether oxygens (including phenoxy) is 1. The molecule has 106 valence electrons. The van der Waals surface area contributed by atoms with Crippen LogP contribution in [0.4, 0.5) is 11.4 Å². The molecule has 0 unspecified atom stereocenters. The first-order valence-corrected chi connectivity index (χ1v) is 6.78. The Labute approximate surface area is 123 Å². The highest BCUT2D eigenvalue weighted by molar-refractivity contribution is 5.90. The quantitative estimate of drug-likeness (QED) is 0.718. The molecule has 3 rings (SSSR count). The summed E-state index contributed by atoms with van der Waals surface area (Å²) in [6, 6.07) is 15.7. The van der Waals surface area contributed by atoms with Crippen LogP contribution in [0.1, 0.15) is 5.56 Å². The molecule has 21 heavy (non-hydrogen) atoms. The second-order valence-electron chi connectivity index (χ2n) is 4.80. The van der Waals surface area contributed by atoms with E-state index in [4.69, 9.17) is 10.5 Å². The van der Waals surface area contributed by atoms with Crippen molar-refractivity contribution in [3.8, 4) is 5.75 Å². The van der Waals surface area contributed by atoms with E-state index in [0.717, 1.165) is 33.6 Å². The second kappa shape index (κ2) is 5.71. The monoisotopic (exact) mass is 279 g/mol. The van der Waals surface area contributed by atoms with Crippen molar-refractivity contribution in [1.82, 2.24) is 4.98 Å². The van der Waals surface area contributed by atoms with Gasteiger partial charge in [0, 0.05) is 35.1 Å². The van der Waals surface area contributed by atoms with Crippen molar-refractivity contribution in [3.05, 3.63) is 60.3 Å². The first kappa shape index (κ1) is 13.2. The van der Waals surface area contributed by atoms with Gasteiger partial charge in [0.05, 0.1) is 12.6 Å². The zero-order valence-electron chi connectivity index (χ0n) is 11.8. The minimum atomic E-state index is 0.641. The number of hydrogen-bond acceptors (Lipinski definition) is 4. The highest BCUT2D eigenvalue weighted by Gasteiger charge is 2.05. The number of anilines is 2. The molecule has 0 aliphatic carbocycles. The Morgan fingerprint density at radius 3 is 2.86 bits per heavy atom. The van der Waals surface area contributed by atoms with Crippen molar-refractivity contribution in [2.45, 2.75) is 6.54 Å². The normalized spacial score (nSPS) is 10.5. The average Bonchev–Trinajstić information content (AvgIpc) is 2.53. The van der Waals surface area contributed by atoms with Crippen molar-refractivity contribution < 1.29 is 4.74 Å². The number of benzene rings is 2. The molecule has 3 aromatic rings. The van der Waals surface area contributed by atoms with Crippen molar-refractivity contribution in [1.29, 1.82) is 0 Å². The fourth-order valence-corrected chi connectivity index (χ4v) is 2.38. The van der Waals surface area contributed by atoms with Gasteiger partial charge in [-0.05, 0) is 30.3 Å².